The van der Waals surface area contributed by atoms with Crippen LogP contribution in [0.15, 0.2) is 24.3 Å². The Kier molecular flexibility index (Phi) is 5.15. The third-order valence-electron chi connectivity index (χ3n) is 3.66. The molecule has 0 saturated heterocycles. The molecular formula is C16H24N2O2. The van der Waals surface area contributed by atoms with E-state index in [0.717, 1.165) is 18.5 Å². The van der Waals surface area contributed by atoms with E-state index in [1.807, 2.05) is 24.3 Å². The van der Waals surface area contributed by atoms with Crippen LogP contribution in [-0.2, 0) is 4.79 Å². The van der Waals surface area contributed by atoms with Gasteiger partial charge in [-0.1, -0.05) is 26.0 Å². The minimum absolute atomic E-state index is 0.0114. The molecule has 0 spiro atoms. The number of nitrogens with zero attached hydrogens (tertiary/aromatic N) is 1. The van der Waals surface area contributed by atoms with Gasteiger partial charge in [-0.2, -0.15) is 0 Å². The van der Waals surface area contributed by atoms with Crippen LogP contribution in [0.5, 0.6) is 0 Å². The third kappa shape index (κ3) is 4.32. The number of hydrogen-bond donors (Lipinski definition) is 2. The van der Waals surface area contributed by atoms with Crippen molar-refractivity contribution in [2.75, 3.05) is 25.0 Å². The third-order valence-corrected chi connectivity index (χ3v) is 3.66. The second-order valence-corrected chi connectivity index (χ2v) is 5.75. The quantitative estimate of drug-likeness (QED) is 0.803. The van der Waals surface area contributed by atoms with E-state index in [1.54, 1.807) is 0 Å². The molecule has 0 bridgehead atoms. The van der Waals surface area contributed by atoms with Crippen LogP contribution in [0.3, 0.4) is 0 Å². The number of benzene rings is 1. The first kappa shape index (κ1) is 15.0. The van der Waals surface area contributed by atoms with Gasteiger partial charge in [-0.3, -0.25) is 9.69 Å². The number of carbonyl (C=O) groups is 1. The molecule has 0 aromatic heterocycles. The smallest absolute Gasteiger partial charge is 0.238 e. The van der Waals surface area contributed by atoms with Gasteiger partial charge in [0.1, 0.15) is 0 Å². The Balaban J connectivity index is 1.86. The van der Waals surface area contributed by atoms with Crippen LogP contribution in [0.1, 0.15) is 38.2 Å². The average molecular weight is 276 g/mol. The number of amides is 1. The molecule has 1 aliphatic carbocycles. The normalized spacial score (nSPS) is 14.8. The molecule has 1 aliphatic rings. The summed E-state index contributed by atoms with van der Waals surface area (Å²) >= 11 is 0. The van der Waals surface area contributed by atoms with Crippen molar-refractivity contribution in [2.24, 2.45) is 0 Å². The molecule has 4 heteroatoms. The second-order valence-electron chi connectivity index (χ2n) is 5.75. The highest BCUT2D eigenvalue weighted by molar-refractivity contribution is 5.92. The van der Waals surface area contributed by atoms with Gasteiger partial charge in [-0.05, 0) is 36.5 Å². The summed E-state index contributed by atoms with van der Waals surface area (Å²) in [7, 11) is 0. The Hall–Kier alpha value is -1.39. The molecule has 1 fully saturated rings. The molecular weight excluding hydrogens is 252 g/mol. The molecule has 0 atom stereocenters. The summed E-state index contributed by atoms with van der Waals surface area (Å²) in [5.74, 6) is 0.484. The minimum atomic E-state index is -0.0114. The number of nitrogens with one attached hydrogen (secondary N) is 1. The van der Waals surface area contributed by atoms with Gasteiger partial charge in [0, 0.05) is 18.3 Å². The molecule has 1 aromatic carbocycles. The first-order chi connectivity index (χ1) is 9.60. The van der Waals surface area contributed by atoms with Crippen LogP contribution in [-0.4, -0.2) is 41.7 Å². The molecule has 1 amide bonds. The molecule has 110 valence electrons. The number of aliphatic hydroxyl groups is 1. The van der Waals surface area contributed by atoms with Crippen LogP contribution in [0.2, 0.25) is 0 Å². The van der Waals surface area contributed by atoms with Crippen molar-refractivity contribution in [1.29, 1.82) is 0 Å². The highest BCUT2D eigenvalue weighted by Crippen LogP contribution is 2.26. The molecule has 0 heterocycles. The lowest BCUT2D eigenvalue weighted by atomic mass is 10.0. The molecule has 2 N–H and O–H groups in total. The van der Waals surface area contributed by atoms with E-state index >= 15 is 0 Å². The van der Waals surface area contributed by atoms with E-state index in [0.29, 0.717) is 25.0 Å². The van der Waals surface area contributed by atoms with Crippen LogP contribution < -0.4 is 5.32 Å². The molecule has 1 aromatic rings. The van der Waals surface area contributed by atoms with E-state index in [9.17, 15) is 4.79 Å². The first-order valence-electron chi connectivity index (χ1n) is 7.35. The number of aliphatic hydroxyl groups excluding tert-OH is 1. The highest BCUT2D eigenvalue weighted by Gasteiger charge is 2.29. The lowest BCUT2D eigenvalue weighted by Gasteiger charge is -2.20. The molecule has 1 saturated carbocycles. The summed E-state index contributed by atoms with van der Waals surface area (Å²) in [5.41, 5.74) is 2.10. The van der Waals surface area contributed by atoms with E-state index in [2.05, 4.69) is 24.1 Å². The van der Waals surface area contributed by atoms with Gasteiger partial charge in [-0.15, -0.1) is 0 Å². The molecule has 4 nitrogen and oxygen atoms in total. The maximum atomic E-state index is 12.0. The van der Waals surface area contributed by atoms with Gasteiger partial charge in [0.25, 0.3) is 0 Å². The second kappa shape index (κ2) is 6.86. The minimum Gasteiger partial charge on any atom is -0.395 e. The molecule has 0 radical (unpaired) electrons. The zero-order valence-corrected chi connectivity index (χ0v) is 12.3. The fraction of sp³-hybridized carbons (Fsp3) is 0.562. The lowest BCUT2D eigenvalue weighted by molar-refractivity contribution is -0.117. The van der Waals surface area contributed by atoms with Gasteiger partial charge in [0.05, 0.1) is 13.2 Å². The number of hydrogen-bond acceptors (Lipinski definition) is 3. The van der Waals surface area contributed by atoms with Crippen LogP contribution in [0, 0.1) is 0 Å². The van der Waals surface area contributed by atoms with Crippen LogP contribution >= 0.6 is 0 Å². The van der Waals surface area contributed by atoms with Crippen molar-refractivity contribution in [3.05, 3.63) is 29.8 Å². The topological polar surface area (TPSA) is 52.6 Å². The Morgan fingerprint density at radius 3 is 2.50 bits per heavy atom. The zero-order valence-electron chi connectivity index (χ0n) is 12.3. The van der Waals surface area contributed by atoms with Gasteiger partial charge in [0.2, 0.25) is 5.91 Å². The highest BCUT2D eigenvalue weighted by atomic mass is 16.3. The van der Waals surface area contributed by atoms with E-state index < -0.39 is 0 Å². The van der Waals surface area contributed by atoms with Gasteiger partial charge < -0.3 is 10.4 Å². The van der Waals surface area contributed by atoms with Crippen LogP contribution in [0.4, 0.5) is 5.69 Å². The molecule has 0 aliphatic heterocycles. The Bertz CT molecular complexity index is 438. The van der Waals surface area contributed by atoms with Crippen molar-refractivity contribution >= 4 is 11.6 Å². The van der Waals surface area contributed by atoms with Crippen molar-refractivity contribution in [2.45, 2.75) is 38.6 Å². The predicted octanol–water partition coefficient (Wildman–Crippen LogP) is 2.21. The summed E-state index contributed by atoms with van der Waals surface area (Å²) in [6, 6.07) is 8.47. The van der Waals surface area contributed by atoms with Crippen molar-refractivity contribution in [1.82, 2.24) is 4.90 Å². The average Bonchev–Trinajstić information content (AvgIpc) is 3.23. The number of anilines is 1. The van der Waals surface area contributed by atoms with E-state index in [1.165, 1.54) is 5.56 Å². The standard InChI is InChI=1S/C16H24N2O2/c1-12(2)13-3-5-14(6-4-13)17-16(20)11-18(9-10-19)15-7-8-15/h3-6,12,15,19H,7-11H2,1-2H3,(H,17,20). The van der Waals surface area contributed by atoms with Crippen molar-refractivity contribution < 1.29 is 9.90 Å². The SMILES string of the molecule is CC(C)c1ccc(NC(=O)CN(CCO)C2CC2)cc1. The van der Waals surface area contributed by atoms with E-state index in [4.69, 9.17) is 5.11 Å². The molecule has 2 rings (SSSR count). The lowest BCUT2D eigenvalue weighted by Crippen LogP contribution is -2.36. The first-order valence-corrected chi connectivity index (χ1v) is 7.35. The monoisotopic (exact) mass is 276 g/mol. The summed E-state index contributed by atoms with van der Waals surface area (Å²) in [5, 5.41) is 11.9. The Morgan fingerprint density at radius 2 is 2.00 bits per heavy atom. The van der Waals surface area contributed by atoms with E-state index in [-0.39, 0.29) is 12.5 Å². The van der Waals surface area contributed by atoms with Gasteiger partial charge in [-0.25, -0.2) is 0 Å². The van der Waals surface area contributed by atoms with Gasteiger partial charge in [0.15, 0.2) is 0 Å². The van der Waals surface area contributed by atoms with Crippen LogP contribution in [0.25, 0.3) is 0 Å². The largest absolute Gasteiger partial charge is 0.395 e. The van der Waals surface area contributed by atoms with Crippen molar-refractivity contribution in [3.8, 4) is 0 Å². The predicted molar refractivity (Wildman–Crippen MR) is 80.8 cm³/mol. The fourth-order valence-electron chi connectivity index (χ4n) is 2.30. The summed E-state index contributed by atoms with van der Waals surface area (Å²) in [6.45, 7) is 5.33. The maximum Gasteiger partial charge on any atom is 0.238 e. The van der Waals surface area contributed by atoms with Crippen molar-refractivity contribution in [3.63, 3.8) is 0 Å². The number of carbonyl (C=O) groups excluding carboxylic acids is 1. The summed E-state index contributed by atoms with van der Waals surface area (Å²) < 4.78 is 0. The number of rotatable bonds is 7. The summed E-state index contributed by atoms with van der Waals surface area (Å²) in [4.78, 5) is 14.1. The van der Waals surface area contributed by atoms with Gasteiger partial charge >= 0.3 is 0 Å². The Morgan fingerprint density at radius 1 is 1.35 bits per heavy atom. The molecule has 20 heavy (non-hydrogen) atoms. The Labute approximate surface area is 120 Å². The summed E-state index contributed by atoms with van der Waals surface area (Å²) in [6.07, 6.45) is 2.27. The maximum absolute atomic E-state index is 12.0. The fourth-order valence-corrected chi connectivity index (χ4v) is 2.30. The zero-order chi connectivity index (χ0) is 14.5. The molecule has 0 unspecified atom stereocenters.